The number of carbonyl (C=O) groups excluding carboxylic acids is 2. The number of ether oxygens (including phenoxy) is 1. The van der Waals surface area contributed by atoms with Crippen LogP contribution in [0.2, 0.25) is 0 Å². The second-order valence-electron chi connectivity index (χ2n) is 5.22. The fraction of sp³-hybridized carbons (Fsp3) is 0. The van der Waals surface area contributed by atoms with Crippen molar-refractivity contribution in [3.8, 4) is 5.75 Å². The lowest BCUT2D eigenvalue weighted by Crippen LogP contribution is -2.08. The Kier molecular flexibility index (Phi) is 4.77. The van der Waals surface area contributed by atoms with E-state index in [0.717, 1.165) is 0 Å². The van der Waals surface area contributed by atoms with Crippen molar-refractivity contribution < 1.29 is 29.0 Å². The third kappa shape index (κ3) is 3.60. The lowest BCUT2D eigenvalue weighted by molar-refractivity contribution is -0.384. The number of fused-ring (bicyclic) bond motifs is 1. The number of H-pyrrole nitrogens is 1. The van der Waals surface area contributed by atoms with Crippen molar-refractivity contribution in [2.24, 2.45) is 0 Å². The van der Waals surface area contributed by atoms with Gasteiger partial charge in [-0.15, -0.1) is 0 Å². The molecule has 132 valence electrons. The van der Waals surface area contributed by atoms with Gasteiger partial charge in [-0.1, -0.05) is 0 Å². The highest BCUT2D eigenvalue weighted by molar-refractivity contribution is 7.65. The fourth-order valence-electron chi connectivity index (χ4n) is 2.29. The van der Waals surface area contributed by atoms with E-state index in [4.69, 9.17) is 14.5 Å². The molecule has 0 aliphatic carbocycles. The summed E-state index contributed by atoms with van der Waals surface area (Å²) in [5.41, 5.74) is -0.142. The summed E-state index contributed by atoms with van der Waals surface area (Å²) in [4.78, 5) is 54.7. The highest BCUT2D eigenvalue weighted by Gasteiger charge is 2.18. The van der Waals surface area contributed by atoms with E-state index in [-0.39, 0.29) is 22.7 Å². The number of nitrogens with one attached hydrogen (secondary N) is 1. The quantitative estimate of drug-likeness (QED) is 0.205. The maximum Gasteiger partial charge on any atom is 0.360 e. The van der Waals surface area contributed by atoms with Gasteiger partial charge < -0.3 is 19.5 Å². The number of hydrogen-bond donors (Lipinski definition) is 3. The van der Waals surface area contributed by atoms with Gasteiger partial charge >= 0.3 is 5.97 Å². The van der Waals surface area contributed by atoms with Crippen LogP contribution in [0.4, 0.5) is 5.69 Å². The molecule has 0 bridgehead atoms. The molecule has 1 aromatic heterocycles. The Bertz CT molecular complexity index is 1010. The van der Waals surface area contributed by atoms with E-state index >= 15 is 0 Å². The molecule has 0 aliphatic heterocycles. The Balaban J connectivity index is 1.82. The number of nitro groups is 1. The van der Waals surface area contributed by atoms with Gasteiger partial charge in [-0.3, -0.25) is 14.9 Å². The average molecular weight is 374 g/mol. The predicted octanol–water partition coefficient (Wildman–Crippen LogP) is 2.73. The summed E-state index contributed by atoms with van der Waals surface area (Å²) in [6.45, 7) is 0. The standard InChI is InChI=1S/C16H11N2O7P/c19-15(25-12-4-2-11(3-5-12)18(21)22)14-8-10-7-9(16(20)26(23)24)1-6-13(10)17-14/h1-8,17,23-24H. The van der Waals surface area contributed by atoms with Crippen LogP contribution in [-0.4, -0.2) is 31.2 Å². The van der Waals surface area contributed by atoms with Crippen molar-refractivity contribution in [2.75, 3.05) is 0 Å². The van der Waals surface area contributed by atoms with Crippen LogP contribution >= 0.6 is 8.38 Å². The number of nitro benzene ring substituents is 1. The summed E-state index contributed by atoms with van der Waals surface area (Å²) in [5.74, 6) is -0.573. The van der Waals surface area contributed by atoms with Crippen molar-refractivity contribution in [1.82, 2.24) is 4.98 Å². The molecule has 1 heterocycles. The van der Waals surface area contributed by atoms with Crippen molar-refractivity contribution >= 4 is 36.5 Å². The van der Waals surface area contributed by atoms with Crippen LogP contribution < -0.4 is 4.74 Å². The number of benzene rings is 2. The molecule has 0 aliphatic rings. The van der Waals surface area contributed by atoms with E-state index in [1.807, 2.05) is 0 Å². The second-order valence-corrected chi connectivity index (χ2v) is 6.21. The Labute approximate surface area is 146 Å². The molecule has 9 nitrogen and oxygen atoms in total. The largest absolute Gasteiger partial charge is 0.422 e. The van der Waals surface area contributed by atoms with E-state index in [0.29, 0.717) is 10.9 Å². The molecule has 3 aromatic rings. The number of esters is 1. The number of aromatic amines is 1. The van der Waals surface area contributed by atoms with Crippen molar-refractivity contribution in [2.45, 2.75) is 0 Å². The molecule has 0 saturated heterocycles. The van der Waals surface area contributed by atoms with Gasteiger partial charge in [-0.05, 0) is 36.4 Å². The molecule has 3 N–H and O–H groups in total. The van der Waals surface area contributed by atoms with Gasteiger partial charge in [-0.2, -0.15) is 0 Å². The zero-order valence-corrected chi connectivity index (χ0v) is 13.8. The Morgan fingerprint density at radius 2 is 1.77 bits per heavy atom. The van der Waals surface area contributed by atoms with Gasteiger partial charge in [0, 0.05) is 28.6 Å². The number of non-ortho nitro benzene ring substituents is 1. The lowest BCUT2D eigenvalue weighted by Gasteiger charge is -2.02. The molecule has 2 aromatic carbocycles. The monoisotopic (exact) mass is 374 g/mol. The molecule has 0 atom stereocenters. The number of rotatable bonds is 5. The van der Waals surface area contributed by atoms with Crippen LogP contribution in [0.3, 0.4) is 0 Å². The first-order chi connectivity index (χ1) is 12.3. The zero-order chi connectivity index (χ0) is 18.8. The molecular formula is C16H11N2O7P. The van der Waals surface area contributed by atoms with Gasteiger partial charge in [0.15, 0.2) is 0 Å². The highest BCUT2D eigenvalue weighted by Crippen LogP contribution is 2.30. The molecule has 26 heavy (non-hydrogen) atoms. The van der Waals surface area contributed by atoms with Gasteiger partial charge in [0.2, 0.25) is 13.9 Å². The number of aromatic nitrogens is 1. The summed E-state index contributed by atoms with van der Waals surface area (Å²) in [6, 6.07) is 10.9. The van der Waals surface area contributed by atoms with Gasteiger partial charge in [0.25, 0.3) is 5.69 Å². The van der Waals surface area contributed by atoms with Crippen molar-refractivity contribution in [1.29, 1.82) is 0 Å². The number of carbonyl (C=O) groups is 2. The van der Waals surface area contributed by atoms with Gasteiger partial charge in [0.1, 0.15) is 11.4 Å². The molecule has 0 saturated carbocycles. The molecule has 0 unspecified atom stereocenters. The minimum absolute atomic E-state index is 0.109. The minimum atomic E-state index is -2.73. The van der Waals surface area contributed by atoms with E-state index in [1.165, 1.54) is 48.5 Å². The fourth-order valence-corrected chi connectivity index (χ4v) is 2.66. The first-order valence-electron chi connectivity index (χ1n) is 7.17. The van der Waals surface area contributed by atoms with Crippen LogP contribution in [-0.2, 0) is 0 Å². The van der Waals surface area contributed by atoms with Crippen LogP contribution in [0.25, 0.3) is 10.9 Å². The molecule has 10 heteroatoms. The number of hydrogen-bond acceptors (Lipinski definition) is 7. The summed E-state index contributed by atoms with van der Waals surface area (Å²) in [6.07, 6.45) is 0. The van der Waals surface area contributed by atoms with E-state index in [1.54, 1.807) is 0 Å². The maximum atomic E-state index is 12.2. The highest BCUT2D eigenvalue weighted by atomic mass is 31.2. The van der Waals surface area contributed by atoms with Crippen LogP contribution in [0, 0.1) is 10.1 Å². The summed E-state index contributed by atoms with van der Waals surface area (Å²) in [7, 11) is -2.73. The van der Waals surface area contributed by atoms with E-state index in [2.05, 4.69) is 4.98 Å². The molecule has 0 spiro atoms. The summed E-state index contributed by atoms with van der Waals surface area (Å²) >= 11 is 0. The lowest BCUT2D eigenvalue weighted by atomic mass is 10.2. The topological polar surface area (TPSA) is 143 Å². The Morgan fingerprint density at radius 3 is 2.38 bits per heavy atom. The molecule has 3 rings (SSSR count). The second kappa shape index (κ2) is 7.01. The van der Waals surface area contributed by atoms with Crippen LogP contribution in [0.15, 0.2) is 48.5 Å². The van der Waals surface area contributed by atoms with Gasteiger partial charge in [-0.25, -0.2) is 4.79 Å². The third-order valence-electron chi connectivity index (χ3n) is 3.53. The summed E-state index contributed by atoms with van der Waals surface area (Å²) < 4.78 is 5.14. The summed E-state index contributed by atoms with van der Waals surface area (Å²) in [5, 5.41) is 11.1. The molecule has 0 amide bonds. The van der Waals surface area contributed by atoms with Crippen molar-refractivity contribution in [3.63, 3.8) is 0 Å². The molecule has 0 fully saturated rings. The SMILES string of the molecule is O=C(Oc1ccc([N+](=O)[O-])cc1)c1cc2cc(C(=O)P(O)O)ccc2[nH]1. The first kappa shape index (κ1) is 17.7. The maximum absolute atomic E-state index is 12.2. The third-order valence-corrected chi connectivity index (χ3v) is 4.15. The van der Waals surface area contributed by atoms with Crippen molar-refractivity contribution in [3.05, 3.63) is 69.9 Å². The molecule has 0 radical (unpaired) electrons. The smallest absolute Gasteiger partial charge is 0.360 e. The van der Waals surface area contributed by atoms with Crippen LogP contribution in [0.1, 0.15) is 20.8 Å². The zero-order valence-electron chi connectivity index (χ0n) is 12.9. The number of nitrogens with zero attached hydrogens (tertiary/aromatic N) is 1. The first-order valence-corrected chi connectivity index (χ1v) is 8.41. The van der Waals surface area contributed by atoms with Gasteiger partial charge in [0.05, 0.1) is 4.92 Å². The molecular weight excluding hydrogens is 363 g/mol. The Morgan fingerprint density at radius 1 is 1.08 bits per heavy atom. The average Bonchev–Trinajstić information content (AvgIpc) is 3.04. The van der Waals surface area contributed by atoms with E-state index in [9.17, 15) is 19.7 Å². The predicted molar refractivity (Wildman–Crippen MR) is 92.0 cm³/mol. The minimum Gasteiger partial charge on any atom is -0.422 e. The van der Waals surface area contributed by atoms with Crippen LogP contribution in [0.5, 0.6) is 5.75 Å². The normalized spacial score (nSPS) is 10.9. The van der Waals surface area contributed by atoms with E-state index < -0.39 is 24.8 Å². The Hall–Kier alpha value is -3.13.